The summed E-state index contributed by atoms with van der Waals surface area (Å²) in [6, 6.07) is 6.75. The van der Waals surface area contributed by atoms with E-state index in [2.05, 4.69) is 6.92 Å². The third-order valence-corrected chi connectivity index (χ3v) is 2.55. The van der Waals surface area contributed by atoms with Crippen molar-refractivity contribution in [3.05, 3.63) is 35.6 Å². The fourth-order valence-electron chi connectivity index (χ4n) is 0.985. The largest absolute Gasteiger partial charge is 0.207 e. The molecule has 0 saturated heterocycles. The summed E-state index contributed by atoms with van der Waals surface area (Å²) in [5.41, 5.74) is 1.22. The van der Waals surface area contributed by atoms with Crippen LogP contribution in [-0.4, -0.2) is 11.5 Å². The van der Waals surface area contributed by atoms with Crippen LogP contribution in [0.25, 0.3) is 0 Å². The Morgan fingerprint density at radius 2 is 1.92 bits per heavy atom. The predicted octanol–water partition coefficient (Wildman–Crippen LogP) is 3.12. The molecule has 0 saturated carbocycles. The van der Waals surface area contributed by atoms with Gasteiger partial charge in [0.25, 0.3) is 0 Å². The Labute approximate surface area is 77.2 Å². The van der Waals surface area contributed by atoms with Gasteiger partial charge in [-0.3, -0.25) is 0 Å². The molecule has 0 aromatic heterocycles. The second kappa shape index (κ2) is 5.20. The molecule has 0 fully saturated rings. The lowest BCUT2D eigenvalue weighted by molar-refractivity contribution is 0.627. The highest BCUT2D eigenvalue weighted by atomic mass is 32.2. The van der Waals surface area contributed by atoms with Gasteiger partial charge in [0, 0.05) is 0 Å². The summed E-state index contributed by atoms with van der Waals surface area (Å²) in [5.74, 6) is 2.13. The standard InChI is InChI=1S/C10H13FS/c1-2-12-8-7-9-3-5-10(11)6-4-9/h3-6H,2,7-8H2,1H3. The van der Waals surface area contributed by atoms with Gasteiger partial charge >= 0.3 is 0 Å². The van der Waals surface area contributed by atoms with Gasteiger partial charge in [-0.05, 0) is 35.6 Å². The van der Waals surface area contributed by atoms with Gasteiger partial charge in [-0.15, -0.1) is 0 Å². The van der Waals surface area contributed by atoms with Crippen LogP contribution in [0.3, 0.4) is 0 Å². The van der Waals surface area contributed by atoms with Crippen LogP contribution in [0.1, 0.15) is 12.5 Å². The summed E-state index contributed by atoms with van der Waals surface area (Å²) in [7, 11) is 0. The summed E-state index contributed by atoms with van der Waals surface area (Å²) in [4.78, 5) is 0. The molecule has 1 aromatic rings. The molecule has 12 heavy (non-hydrogen) atoms. The highest BCUT2D eigenvalue weighted by Crippen LogP contribution is 2.07. The average Bonchev–Trinajstić information content (AvgIpc) is 2.09. The van der Waals surface area contributed by atoms with E-state index in [1.807, 2.05) is 23.9 Å². The second-order valence-electron chi connectivity index (χ2n) is 2.57. The second-order valence-corrected chi connectivity index (χ2v) is 3.97. The molecule has 0 unspecified atom stereocenters. The van der Waals surface area contributed by atoms with Crippen molar-refractivity contribution in [3.63, 3.8) is 0 Å². The van der Waals surface area contributed by atoms with E-state index in [4.69, 9.17) is 0 Å². The van der Waals surface area contributed by atoms with Gasteiger partial charge < -0.3 is 0 Å². The van der Waals surface area contributed by atoms with E-state index in [1.165, 1.54) is 17.7 Å². The number of halogens is 1. The minimum Gasteiger partial charge on any atom is -0.207 e. The summed E-state index contributed by atoms with van der Waals surface area (Å²) in [5, 5.41) is 0. The first-order valence-electron chi connectivity index (χ1n) is 4.15. The van der Waals surface area contributed by atoms with Gasteiger partial charge in [0.1, 0.15) is 5.82 Å². The molecule has 1 aromatic carbocycles. The van der Waals surface area contributed by atoms with Crippen molar-refractivity contribution in [2.75, 3.05) is 11.5 Å². The molecule has 1 rings (SSSR count). The molecule has 66 valence electrons. The van der Waals surface area contributed by atoms with Crippen LogP contribution >= 0.6 is 11.8 Å². The molecule has 0 atom stereocenters. The lowest BCUT2D eigenvalue weighted by atomic mass is 10.2. The Bertz CT molecular complexity index is 218. The molecule has 0 heterocycles. The van der Waals surface area contributed by atoms with Crippen molar-refractivity contribution < 1.29 is 4.39 Å². The van der Waals surface area contributed by atoms with Gasteiger partial charge in [0.2, 0.25) is 0 Å². The SMILES string of the molecule is CCSCCc1ccc(F)cc1. The quantitative estimate of drug-likeness (QED) is 0.648. The van der Waals surface area contributed by atoms with Crippen molar-refractivity contribution in [1.82, 2.24) is 0 Å². The first kappa shape index (κ1) is 9.59. The molecular formula is C10H13FS. The first-order valence-corrected chi connectivity index (χ1v) is 5.30. The average molecular weight is 184 g/mol. The topological polar surface area (TPSA) is 0 Å². The van der Waals surface area contributed by atoms with E-state index in [1.54, 1.807) is 0 Å². The number of aryl methyl sites for hydroxylation is 1. The van der Waals surface area contributed by atoms with Crippen LogP contribution in [0.4, 0.5) is 4.39 Å². The molecule has 0 spiro atoms. The molecule has 0 radical (unpaired) electrons. The Kier molecular flexibility index (Phi) is 4.15. The lowest BCUT2D eigenvalue weighted by Gasteiger charge is -1.99. The van der Waals surface area contributed by atoms with Gasteiger partial charge in [-0.25, -0.2) is 4.39 Å². The number of hydrogen-bond acceptors (Lipinski definition) is 1. The molecule has 0 nitrogen and oxygen atoms in total. The van der Waals surface area contributed by atoms with Crippen molar-refractivity contribution in [1.29, 1.82) is 0 Å². The number of thioether (sulfide) groups is 1. The Morgan fingerprint density at radius 1 is 1.25 bits per heavy atom. The fourth-order valence-corrected chi connectivity index (χ4v) is 1.65. The third kappa shape index (κ3) is 3.26. The summed E-state index contributed by atoms with van der Waals surface area (Å²) >= 11 is 1.91. The maximum absolute atomic E-state index is 12.5. The zero-order chi connectivity index (χ0) is 8.81. The molecule has 2 heteroatoms. The highest BCUT2D eigenvalue weighted by molar-refractivity contribution is 7.99. The van der Waals surface area contributed by atoms with Crippen LogP contribution in [0, 0.1) is 5.82 Å². The maximum atomic E-state index is 12.5. The van der Waals surface area contributed by atoms with E-state index < -0.39 is 0 Å². The molecule has 0 aliphatic rings. The van der Waals surface area contributed by atoms with E-state index in [0.717, 1.165) is 17.9 Å². The third-order valence-electron chi connectivity index (χ3n) is 1.65. The van der Waals surface area contributed by atoms with Gasteiger partial charge in [0.05, 0.1) is 0 Å². The van der Waals surface area contributed by atoms with Gasteiger partial charge in [-0.2, -0.15) is 11.8 Å². The van der Waals surface area contributed by atoms with Crippen LogP contribution in [-0.2, 0) is 6.42 Å². The highest BCUT2D eigenvalue weighted by Gasteiger charge is 1.93. The molecule has 0 aliphatic carbocycles. The van der Waals surface area contributed by atoms with Crippen molar-refractivity contribution in [2.45, 2.75) is 13.3 Å². The van der Waals surface area contributed by atoms with E-state index in [0.29, 0.717) is 0 Å². The first-order chi connectivity index (χ1) is 5.83. The Hall–Kier alpha value is -0.500. The van der Waals surface area contributed by atoms with Gasteiger partial charge in [0.15, 0.2) is 0 Å². The fraction of sp³-hybridized carbons (Fsp3) is 0.400. The maximum Gasteiger partial charge on any atom is 0.123 e. The van der Waals surface area contributed by atoms with Crippen LogP contribution in [0.5, 0.6) is 0 Å². The summed E-state index contributed by atoms with van der Waals surface area (Å²) in [6.45, 7) is 2.15. The minimum atomic E-state index is -0.151. The zero-order valence-corrected chi connectivity index (χ0v) is 8.03. The summed E-state index contributed by atoms with van der Waals surface area (Å²) < 4.78 is 12.5. The number of benzene rings is 1. The molecule has 0 N–H and O–H groups in total. The van der Waals surface area contributed by atoms with E-state index >= 15 is 0 Å². The van der Waals surface area contributed by atoms with Crippen LogP contribution < -0.4 is 0 Å². The van der Waals surface area contributed by atoms with Crippen molar-refractivity contribution in [3.8, 4) is 0 Å². The van der Waals surface area contributed by atoms with Crippen LogP contribution in [0.2, 0.25) is 0 Å². The molecular weight excluding hydrogens is 171 g/mol. The number of rotatable bonds is 4. The monoisotopic (exact) mass is 184 g/mol. The predicted molar refractivity (Wildman–Crippen MR) is 53.1 cm³/mol. The summed E-state index contributed by atoms with van der Waals surface area (Å²) in [6.07, 6.45) is 1.04. The Balaban J connectivity index is 2.37. The van der Waals surface area contributed by atoms with E-state index in [-0.39, 0.29) is 5.82 Å². The number of hydrogen-bond donors (Lipinski definition) is 0. The van der Waals surface area contributed by atoms with Crippen molar-refractivity contribution in [2.24, 2.45) is 0 Å². The smallest absolute Gasteiger partial charge is 0.123 e. The lowest BCUT2D eigenvalue weighted by Crippen LogP contribution is -1.88. The van der Waals surface area contributed by atoms with Gasteiger partial charge in [-0.1, -0.05) is 19.1 Å². The van der Waals surface area contributed by atoms with Crippen LogP contribution in [0.15, 0.2) is 24.3 Å². The molecule has 0 amide bonds. The zero-order valence-electron chi connectivity index (χ0n) is 7.22. The minimum absolute atomic E-state index is 0.151. The normalized spacial score (nSPS) is 10.2. The molecule has 0 bridgehead atoms. The Morgan fingerprint density at radius 3 is 2.50 bits per heavy atom. The van der Waals surface area contributed by atoms with E-state index in [9.17, 15) is 4.39 Å². The molecule has 0 aliphatic heterocycles. The van der Waals surface area contributed by atoms with Crippen molar-refractivity contribution >= 4 is 11.8 Å².